The predicted molar refractivity (Wildman–Crippen MR) is 39.2 cm³/mol. The van der Waals surface area contributed by atoms with E-state index >= 15 is 0 Å². The number of phenolic OH excluding ortho intramolecular Hbond substituents is 2. The molecule has 0 aromatic heterocycles. The van der Waals surface area contributed by atoms with E-state index in [9.17, 15) is 5.11 Å². The standard InChI is InChI=1S/C8H7NO2/c1-5-7(10)3-2-6(4-9)8(5)11/h2-3,10-11H,1H3. The van der Waals surface area contributed by atoms with Gasteiger partial charge < -0.3 is 10.2 Å². The zero-order valence-corrected chi connectivity index (χ0v) is 6.00. The highest BCUT2D eigenvalue weighted by molar-refractivity contribution is 5.52. The second-order valence-corrected chi connectivity index (χ2v) is 2.22. The summed E-state index contributed by atoms with van der Waals surface area (Å²) in [5, 5.41) is 26.7. The minimum absolute atomic E-state index is 0.00139. The van der Waals surface area contributed by atoms with Crippen LogP contribution in [-0.4, -0.2) is 10.2 Å². The third-order valence-corrected chi connectivity index (χ3v) is 1.52. The first kappa shape index (κ1) is 7.42. The highest BCUT2D eigenvalue weighted by Gasteiger charge is 2.06. The number of nitrogens with zero attached hydrogens (tertiary/aromatic N) is 1. The molecule has 1 rings (SSSR count). The molecule has 0 aliphatic carbocycles. The summed E-state index contributed by atoms with van der Waals surface area (Å²) in [4.78, 5) is 0. The fourth-order valence-electron chi connectivity index (χ4n) is 0.780. The Morgan fingerprint density at radius 1 is 1.36 bits per heavy atom. The highest BCUT2D eigenvalue weighted by Crippen LogP contribution is 2.28. The van der Waals surface area contributed by atoms with Crippen molar-refractivity contribution in [1.82, 2.24) is 0 Å². The van der Waals surface area contributed by atoms with Crippen molar-refractivity contribution in [3.63, 3.8) is 0 Å². The van der Waals surface area contributed by atoms with Gasteiger partial charge in [0.25, 0.3) is 0 Å². The van der Waals surface area contributed by atoms with E-state index in [2.05, 4.69) is 0 Å². The van der Waals surface area contributed by atoms with Gasteiger partial charge in [0, 0.05) is 5.56 Å². The Hall–Kier alpha value is -1.69. The fraction of sp³-hybridized carbons (Fsp3) is 0.125. The molecule has 1 aromatic carbocycles. The quantitative estimate of drug-likeness (QED) is 0.584. The highest BCUT2D eigenvalue weighted by atomic mass is 16.3. The van der Waals surface area contributed by atoms with E-state index in [0.717, 1.165) is 0 Å². The van der Waals surface area contributed by atoms with E-state index in [-0.39, 0.29) is 17.1 Å². The summed E-state index contributed by atoms with van der Waals surface area (Å²) in [6.45, 7) is 1.55. The molecule has 2 N–H and O–H groups in total. The zero-order chi connectivity index (χ0) is 8.43. The number of rotatable bonds is 0. The van der Waals surface area contributed by atoms with E-state index in [1.54, 1.807) is 13.0 Å². The maximum absolute atomic E-state index is 9.20. The molecule has 0 spiro atoms. The van der Waals surface area contributed by atoms with Gasteiger partial charge in [-0.15, -0.1) is 0 Å². The van der Waals surface area contributed by atoms with Crippen LogP contribution < -0.4 is 0 Å². The third-order valence-electron chi connectivity index (χ3n) is 1.52. The van der Waals surface area contributed by atoms with Gasteiger partial charge in [-0.1, -0.05) is 0 Å². The molecule has 56 valence electrons. The number of phenols is 2. The lowest BCUT2D eigenvalue weighted by molar-refractivity contribution is 0.442. The van der Waals surface area contributed by atoms with Crippen LogP contribution in [0, 0.1) is 18.3 Å². The average molecular weight is 149 g/mol. The minimum atomic E-state index is -0.146. The Bertz CT molecular complexity index is 326. The molecule has 0 aliphatic rings. The summed E-state index contributed by atoms with van der Waals surface area (Å²) in [6.07, 6.45) is 0. The van der Waals surface area contributed by atoms with Crippen LogP contribution in [0.4, 0.5) is 0 Å². The van der Waals surface area contributed by atoms with Crippen LogP contribution >= 0.6 is 0 Å². The van der Waals surface area contributed by atoms with Crippen molar-refractivity contribution in [2.24, 2.45) is 0 Å². The van der Waals surface area contributed by atoms with E-state index in [1.165, 1.54) is 12.1 Å². The molecular weight excluding hydrogens is 142 g/mol. The SMILES string of the molecule is Cc1c(O)ccc(C#N)c1O. The van der Waals surface area contributed by atoms with Crippen LogP contribution in [0.2, 0.25) is 0 Å². The van der Waals surface area contributed by atoms with Gasteiger partial charge in [-0.25, -0.2) is 0 Å². The molecule has 0 saturated heterocycles. The molecule has 1 aromatic rings. The smallest absolute Gasteiger partial charge is 0.139 e. The van der Waals surface area contributed by atoms with Gasteiger partial charge in [0.2, 0.25) is 0 Å². The molecule has 0 saturated carbocycles. The lowest BCUT2D eigenvalue weighted by Gasteiger charge is -2.01. The first-order valence-electron chi connectivity index (χ1n) is 3.08. The molecule has 0 bridgehead atoms. The molecule has 0 unspecified atom stereocenters. The third kappa shape index (κ3) is 1.10. The van der Waals surface area contributed by atoms with Crippen LogP contribution in [0.25, 0.3) is 0 Å². The lowest BCUT2D eigenvalue weighted by atomic mass is 10.1. The van der Waals surface area contributed by atoms with Crippen molar-refractivity contribution in [1.29, 1.82) is 5.26 Å². The monoisotopic (exact) mass is 149 g/mol. The van der Waals surface area contributed by atoms with Crippen LogP contribution in [0.3, 0.4) is 0 Å². The van der Waals surface area contributed by atoms with Crippen LogP contribution in [0.1, 0.15) is 11.1 Å². The number of hydrogen-bond donors (Lipinski definition) is 2. The van der Waals surface area contributed by atoms with E-state index in [4.69, 9.17) is 10.4 Å². The Balaban J connectivity index is 3.40. The van der Waals surface area contributed by atoms with Crippen molar-refractivity contribution in [2.45, 2.75) is 6.92 Å². The Morgan fingerprint density at radius 3 is 2.55 bits per heavy atom. The van der Waals surface area contributed by atoms with Gasteiger partial charge >= 0.3 is 0 Å². The largest absolute Gasteiger partial charge is 0.508 e. The van der Waals surface area contributed by atoms with Gasteiger partial charge in [-0.3, -0.25) is 0 Å². The molecule has 0 atom stereocenters. The molecule has 3 nitrogen and oxygen atoms in total. The summed E-state index contributed by atoms with van der Waals surface area (Å²) in [5.41, 5.74) is 0.518. The second kappa shape index (κ2) is 2.51. The second-order valence-electron chi connectivity index (χ2n) is 2.22. The molecule has 0 fully saturated rings. The van der Waals surface area contributed by atoms with E-state index in [1.807, 2.05) is 0 Å². The van der Waals surface area contributed by atoms with E-state index in [0.29, 0.717) is 5.56 Å². The predicted octanol–water partition coefficient (Wildman–Crippen LogP) is 1.28. The fourth-order valence-corrected chi connectivity index (χ4v) is 0.780. The number of hydrogen-bond acceptors (Lipinski definition) is 3. The summed E-state index contributed by atoms with van der Waals surface area (Å²) in [6, 6.07) is 4.56. The number of benzene rings is 1. The number of nitriles is 1. The Kier molecular flexibility index (Phi) is 1.69. The van der Waals surface area contributed by atoms with Gasteiger partial charge in [0.1, 0.15) is 17.6 Å². The van der Waals surface area contributed by atoms with E-state index < -0.39 is 0 Å². The van der Waals surface area contributed by atoms with Crippen LogP contribution in [-0.2, 0) is 0 Å². The molecular formula is C8H7NO2. The summed E-state index contributed by atoms with van der Waals surface area (Å²) in [7, 11) is 0. The van der Waals surface area contributed by atoms with Crippen molar-refractivity contribution < 1.29 is 10.2 Å². The molecule has 0 radical (unpaired) electrons. The Morgan fingerprint density at radius 2 is 2.00 bits per heavy atom. The normalized spacial score (nSPS) is 9.09. The topological polar surface area (TPSA) is 64.2 Å². The Labute approximate surface area is 64.1 Å². The first-order chi connectivity index (χ1) is 5.16. The van der Waals surface area contributed by atoms with Crippen molar-refractivity contribution >= 4 is 0 Å². The summed E-state index contributed by atoms with van der Waals surface area (Å²) < 4.78 is 0. The van der Waals surface area contributed by atoms with Crippen molar-refractivity contribution in [3.8, 4) is 17.6 Å². The molecule has 0 amide bonds. The minimum Gasteiger partial charge on any atom is -0.508 e. The van der Waals surface area contributed by atoms with Gasteiger partial charge in [-0.05, 0) is 19.1 Å². The average Bonchev–Trinajstić information content (AvgIpc) is 2.01. The number of aromatic hydroxyl groups is 2. The van der Waals surface area contributed by atoms with Gasteiger partial charge in [0.15, 0.2) is 0 Å². The zero-order valence-electron chi connectivity index (χ0n) is 6.00. The molecule has 3 heteroatoms. The summed E-state index contributed by atoms with van der Waals surface area (Å²) >= 11 is 0. The van der Waals surface area contributed by atoms with Crippen molar-refractivity contribution in [2.75, 3.05) is 0 Å². The van der Waals surface area contributed by atoms with Crippen LogP contribution in [0.15, 0.2) is 12.1 Å². The van der Waals surface area contributed by atoms with Gasteiger partial charge in [0.05, 0.1) is 5.56 Å². The molecule has 0 aliphatic heterocycles. The maximum Gasteiger partial charge on any atom is 0.139 e. The van der Waals surface area contributed by atoms with Gasteiger partial charge in [-0.2, -0.15) is 5.26 Å². The maximum atomic E-state index is 9.20. The van der Waals surface area contributed by atoms with Crippen LogP contribution in [0.5, 0.6) is 11.5 Å². The molecule has 0 heterocycles. The lowest BCUT2D eigenvalue weighted by Crippen LogP contribution is -1.81. The summed E-state index contributed by atoms with van der Waals surface area (Å²) in [5.74, 6) is -0.144. The van der Waals surface area contributed by atoms with Crippen molar-refractivity contribution in [3.05, 3.63) is 23.3 Å². The first-order valence-corrected chi connectivity index (χ1v) is 3.08. The molecule has 11 heavy (non-hydrogen) atoms.